The van der Waals surface area contributed by atoms with Crippen LogP contribution in [-0.4, -0.2) is 31.7 Å². The van der Waals surface area contributed by atoms with E-state index in [2.05, 4.69) is 10.6 Å². The zero-order chi connectivity index (χ0) is 11.7. The number of anilines is 1. The first-order chi connectivity index (χ1) is 8.34. The molecule has 4 heteroatoms. The molecule has 2 atom stereocenters. The minimum Gasteiger partial charge on any atom is -0.384 e. The number of fused-ring (bicyclic) bond motifs is 1. The van der Waals surface area contributed by atoms with Crippen LogP contribution < -0.4 is 10.6 Å². The van der Waals surface area contributed by atoms with Gasteiger partial charge in [-0.05, 0) is 18.1 Å². The maximum absolute atomic E-state index is 12.2. The van der Waals surface area contributed by atoms with Gasteiger partial charge in [-0.2, -0.15) is 0 Å². The van der Waals surface area contributed by atoms with E-state index in [1.54, 1.807) is 0 Å². The first kappa shape index (κ1) is 10.6. The Hall–Kier alpha value is -1.55. The van der Waals surface area contributed by atoms with E-state index in [0.29, 0.717) is 13.2 Å². The molecule has 2 N–H and O–H groups in total. The normalized spacial score (nSPS) is 26.4. The quantitative estimate of drug-likeness (QED) is 0.803. The predicted molar refractivity (Wildman–Crippen MR) is 65.0 cm³/mol. The molecule has 2 heterocycles. The molecule has 2 aliphatic rings. The Morgan fingerprint density at radius 2 is 2.29 bits per heavy atom. The highest BCUT2D eigenvalue weighted by Gasteiger charge is 2.30. The van der Waals surface area contributed by atoms with Crippen LogP contribution in [0.1, 0.15) is 17.9 Å². The third-order valence-electron chi connectivity index (χ3n) is 3.43. The second-order valence-electron chi connectivity index (χ2n) is 4.59. The molecule has 1 fully saturated rings. The molecule has 1 aromatic rings. The van der Waals surface area contributed by atoms with Gasteiger partial charge in [0.1, 0.15) is 0 Å². The van der Waals surface area contributed by atoms with Crippen molar-refractivity contribution in [3.8, 4) is 0 Å². The molecule has 2 unspecified atom stereocenters. The Morgan fingerprint density at radius 1 is 1.41 bits per heavy atom. The second kappa shape index (κ2) is 4.37. The van der Waals surface area contributed by atoms with E-state index in [0.717, 1.165) is 24.3 Å². The van der Waals surface area contributed by atoms with E-state index < -0.39 is 0 Å². The Balaban J connectivity index is 1.71. The number of hydrogen-bond donors (Lipinski definition) is 2. The molecule has 0 aromatic heterocycles. The molecule has 90 valence electrons. The van der Waals surface area contributed by atoms with Crippen molar-refractivity contribution in [1.29, 1.82) is 0 Å². The molecule has 17 heavy (non-hydrogen) atoms. The zero-order valence-corrected chi connectivity index (χ0v) is 9.61. The van der Waals surface area contributed by atoms with Gasteiger partial charge in [0.15, 0.2) is 0 Å². The van der Waals surface area contributed by atoms with Crippen molar-refractivity contribution in [3.05, 3.63) is 29.8 Å². The summed E-state index contributed by atoms with van der Waals surface area (Å²) in [5, 5.41) is 6.32. The van der Waals surface area contributed by atoms with E-state index in [1.807, 2.05) is 24.3 Å². The molecule has 1 aromatic carbocycles. The summed E-state index contributed by atoms with van der Waals surface area (Å²) in [6.07, 6.45) is 0.924. The smallest absolute Gasteiger partial charge is 0.229 e. The lowest BCUT2D eigenvalue weighted by atomic mass is 10.00. The van der Waals surface area contributed by atoms with Crippen LogP contribution in [0.5, 0.6) is 0 Å². The summed E-state index contributed by atoms with van der Waals surface area (Å²) in [6.45, 7) is 2.09. The largest absolute Gasteiger partial charge is 0.384 e. The van der Waals surface area contributed by atoms with Crippen molar-refractivity contribution in [2.45, 2.75) is 18.4 Å². The maximum atomic E-state index is 12.2. The third kappa shape index (κ3) is 2.00. The molecule has 0 spiro atoms. The van der Waals surface area contributed by atoms with E-state index in [9.17, 15) is 4.79 Å². The van der Waals surface area contributed by atoms with Crippen molar-refractivity contribution in [2.24, 2.45) is 0 Å². The fraction of sp³-hybridized carbons (Fsp3) is 0.462. The van der Waals surface area contributed by atoms with E-state index in [-0.39, 0.29) is 17.9 Å². The Morgan fingerprint density at radius 3 is 3.12 bits per heavy atom. The van der Waals surface area contributed by atoms with Gasteiger partial charge in [0, 0.05) is 18.8 Å². The van der Waals surface area contributed by atoms with Crippen LogP contribution in [0.15, 0.2) is 24.3 Å². The number of hydrogen-bond acceptors (Lipinski definition) is 3. The summed E-state index contributed by atoms with van der Waals surface area (Å²) in [4.78, 5) is 12.2. The fourth-order valence-electron chi connectivity index (χ4n) is 2.47. The first-order valence-electron chi connectivity index (χ1n) is 6.05. The van der Waals surface area contributed by atoms with Gasteiger partial charge in [0.2, 0.25) is 5.91 Å². The number of nitrogens with one attached hydrogen (secondary N) is 2. The number of para-hydroxylation sites is 1. The lowest BCUT2D eigenvalue weighted by Gasteiger charge is -2.15. The van der Waals surface area contributed by atoms with Gasteiger partial charge in [0.05, 0.1) is 18.6 Å². The highest BCUT2D eigenvalue weighted by molar-refractivity contribution is 5.88. The van der Waals surface area contributed by atoms with Crippen molar-refractivity contribution in [3.63, 3.8) is 0 Å². The van der Waals surface area contributed by atoms with Crippen LogP contribution in [0.25, 0.3) is 0 Å². The van der Waals surface area contributed by atoms with Gasteiger partial charge < -0.3 is 15.4 Å². The Bertz CT molecular complexity index is 427. The van der Waals surface area contributed by atoms with Gasteiger partial charge in [-0.25, -0.2) is 0 Å². The molecule has 4 nitrogen and oxygen atoms in total. The number of carbonyl (C=O) groups excluding carboxylic acids is 1. The first-order valence-corrected chi connectivity index (χ1v) is 6.05. The van der Waals surface area contributed by atoms with Crippen molar-refractivity contribution in [1.82, 2.24) is 5.32 Å². The van der Waals surface area contributed by atoms with Crippen LogP contribution in [0.4, 0.5) is 5.69 Å². The average Bonchev–Trinajstić information content (AvgIpc) is 2.96. The zero-order valence-electron chi connectivity index (χ0n) is 9.61. The van der Waals surface area contributed by atoms with Gasteiger partial charge in [-0.3, -0.25) is 4.79 Å². The average molecular weight is 232 g/mol. The van der Waals surface area contributed by atoms with Gasteiger partial charge >= 0.3 is 0 Å². The molecular weight excluding hydrogens is 216 g/mol. The summed E-state index contributed by atoms with van der Waals surface area (Å²) >= 11 is 0. The number of amides is 1. The second-order valence-corrected chi connectivity index (χ2v) is 4.59. The topological polar surface area (TPSA) is 50.4 Å². The molecule has 0 aliphatic carbocycles. The summed E-state index contributed by atoms with van der Waals surface area (Å²) in [6, 6.07) is 8.18. The molecular formula is C13H16N2O2. The van der Waals surface area contributed by atoms with E-state index >= 15 is 0 Å². The third-order valence-corrected chi connectivity index (χ3v) is 3.43. The lowest BCUT2D eigenvalue weighted by Crippen LogP contribution is -2.38. The van der Waals surface area contributed by atoms with Gasteiger partial charge in [-0.1, -0.05) is 18.2 Å². The van der Waals surface area contributed by atoms with Crippen LogP contribution >= 0.6 is 0 Å². The summed E-state index contributed by atoms with van der Waals surface area (Å²) in [7, 11) is 0. The molecule has 0 radical (unpaired) electrons. The van der Waals surface area contributed by atoms with Crippen molar-refractivity contribution < 1.29 is 9.53 Å². The molecule has 2 aliphatic heterocycles. The minimum atomic E-state index is -0.0631. The van der Waals surface area contributed by atoms with Crippen LogP contribution in [0.2, 0.25) is 0 Å². The van der Waals surface area contributed by atoms with Gasteiger partial charge in [0.25, 0.3) is 0 Å². The predicted octanol–water partition coefficient (Wildman–Crippen LogP) is 1.10. The monoisotopic (exact) mass is 232 g/mol. The summed E-state index contributed by atoms with van der Waals surface area (Å²) < 4.78 is 5.26. The standard InChI is InChI=1S/C13H16N2O2/c16-13(15-9-5-6-17-8-9)11-7-14-12-4-2-1-3-10(11)12/h1-4,9,11,14H,5-8H2,(H,15,16). The highest BCUT2D eigenvalue weighted by atomic mass is 16.5. The Kier molecular flexibility index (Phi) is 2.73. The summed E-state index contributed by atoms with van der Waals surface area (Å²) in [5.74, 6) is 0.0461. The van der Waals surface area contributed by atoms with Crippen LogP contribution in [0.3, 0.4) is 0 Å². The molecule has 0 saturated carbocycles. The highest BCUT2D eigenvalue weighted by Crippen LogP contribution is 2.31. The molecule has 0 bridgehead atoms. The number of benzene rings is 1. The number of carbonyl (C=O) groups is 1. The SMILES string of the molecule is O=C(NC1CCOC1)C1CNc2ccccc21. The lowest BCUT2D eigenvalue weighted by molar-refractivity contribution is -0.122. The summed E-state index contributed by atoms with van der Waals surface area (Å²) in [5.41, 5.74) is 2.18. The van der Waals surface area contributed by atoms with Crippen LogP contribution in [-0.2, 0) is 9.53 Å². The Labute approximate surface area is 100 Å². The molecule has 1 amide bonds. The fourth-order valence-corrected chi connectivity index (χ4v) is 2.47. The minimum absolute atomic E-state index is 0.0631. The maximum Gasteiger partial charge on any atom is 0.229 e. The molecule has 3 rings (SSSR count). The van der Waals surface area contributed by atoms with Crippen molar-refractivity contribution in [2.75, 3.05) is 25.1 Å². The van der Waals surface area contributed by atoms with E-state index in [4.69, 9.17) is 4.74 Å². The van der Waals surface area contributed by atoms with Gasteiger partial charge in [-0.15, -0.1) is 0 Å². The number of ether oxygens (including phenoxy) is 1. The van der Waals surface area contributed by atoms with Crippen molar-refractivity contribution >= 4 is 11.6 Å². The van der Waals surface area contributed by atoms with Crippen LogP contribution in [0, 0.1) is 0 Å². The number of rotatable bonds is 2. The van der Waals surface area contributed by atoms with E-state index in [1.165, 1.54) is 0 Å². The molecule has 1 saturated heterocycles.